The Morgan fingerprint density at radius 1 is 1.45 bits per heavy atom. The molecule has 0 aliphatic rings. The molecule has 116 valence electrons. The Labute approximate surface area is 119 Å². The molecule has 0 unspecified atom stereocenters. The molecule has 1 aromatic rings. The third-order valence-electron chi connectivity index (χ3n) is 2.33. The van der Waals surface area contributed by atoms with Gasteiger partial charge in [-0.2, -0.15) is 18.3 Å². The average Bonchev–Trinajstić information content (AvgIpc) is 2.64. The third kappa shape index (κ3) is 5.29. The van der Waals surface area contributed by atoms with Gasteiger partial charge in [-0.05, 0) is 13.8 Å². The molecule has 0 aliphatic heterocycles. The number of alkyl halides is 3. The van der Waals surface area contributed by atoms with E-state index in [1.807, 2.05) is 0 Å². The van der Waals surface area contributed by atoms with Crippen LogP contribution >= 0.6 is 10.7 Å². The summed E-state index contributed by atoms with van der Waals surface area (Å²) in [5.74, 6) is 0. The first-order valence-corrected chi connectivity index (χ1v) is 7.99. The summed E-state index contributed by atoms with van der Waals surface area (Å²) in [5, 5.41) is 3.64. The Morgan fingerprint density at radius 2 is 2.05 bits per heavy atom. The predicted octanol–water partition coefficient (Wildman–Crippen LogP) is 2.69. The van der Waals surface area contributed by atoms with Gasteiger partial charge in [-0.25, -0.2) is 8.42 Å². The highest BCUT2D eigenvalue weighted by molar-refractivity contribution is 8.13. The van der Waals surface area contributed by atoms with Crippen LogP contribution in [0.1, 0.15) is 26.0 Å². The number of hydrogen-bond acceptors (Lipinski definition) is 4. The Morgan fingerprint density at radius 3 is 2.50 bits per heavy atom. The zero-order valence-electron chi connectivity index (χ0n) is 10.8. The molecule has 0 radical (unpaired) electrons. The van der Waals surface area contributed by atoms with Gasteiger partial charge in [0.2, 0.25) is 0 Å². The molecule has 0 spiro atoms. The fourth-order valence-electron chi connectivity index (χ4n) is 1.41. The largest absolute Gasteiger partial charge is 0.390 e. The van der Waals surface area contributed by atoms with E-state index in [1.54, 1.807) is 13.8 Å². The van der Waals surface area contributed by atoms with Gasteiger partial charge in [0.25, 0.3) is 9.05 Å². The summed E-state index contributed by atoms with van der Waals surface area (Å²) in [4.78, 5) is -0.331. The van der Waals surface area contributed by atoms with Gasteiger partial charge in [0.15, 0.2) is 0 Å². The van der Waals surface area contributed by atoms with Crippen LogP contribution in [0.25, 0.3) is 0 Å². The van der Waals surface area contributed by atoms with Crippen molar-refractivity contribution in [2.45, 2.75) is 50.6 Å². The summed E-state index contributed by atoms with van der Waals surface area (Å²) < 4.78 is 65.5. The number of ether oxygens (including phenoxy) is 1. The molecule has 0 aliphatic carbocycles. The van der Waals surface area contributed by atoms with Crippen LogP contribution in [0.15, 0.2) is 11.1 Å². The second-order valence-electron chi connectivity index (χ2n) is 4.34. The van der Waals surface area contributed by atoms with Crippen LogP contribution in [-0.2, 0) is 26.9 Å². The molecule has 0 bridgehead atoms. The van der Waals surface area contributed by atoms with Crippen LogP contribution in [-0.4, -0.2) is 30.5 Å². The third-order valence-corrected chi connectivity index (χ3v) is 3.70. The van der Waals surface area contributed by atoms with E-state index in [2.05, 4.69) is 5.10 Å². The van der Waals surface area contributed by atoms with E-state index >= 15 is 0 Å². The van der Waals surface area contributed by atoms with Crippen LogP contribution in [0.5, 0.6) is 0 Å². The van der Waals surface area contributed by atoms with Gasteiger partial charge in [-0.15, -0.1) is 0 Å². The van der Waals surface area contributed by atoms with E-state index in [0.717, 1.165) is 10.9 Å². The molecule has 0 aromatic carbocycles. The van der Waals surface area contributed by atoms with Gasteiger partial charge in [-0.3, -0.25) is 4.68 Å². The van der Waals surface area contributed by atoms with Crippen molar-refractivity contribution in [3.05, 3.63) is 11.9 Å². The van der Waals surface area contributed by atoms with E-state index < -0.39 is 28.2 Å². The van der Waals surface area contributed by atoms with E-state index in [1.165, 1.54) is 0 Å². The molecular weight excluding hydrogens is 321 g/mol. The first-order chi connectivity index (χ1) is 9.00. The average molecular weight is 335 g/mol. The molecule has 1 rings (SSSR count). The van der Waals surface area contributed by atoms with E-state index in [9.17, 15) is 21.6 Å². The topological polar surface area (TPSA) is 61.2 Å². The molecule has 20 heavy (non-hydrogen) atoms. The number of rotatable bonds is 6. The highest BCUT2D eigenvalue weighted by Crippen LogP contribution is 2.24. The van der Waals surface area contributed by atoms with E-state index in [4.69, 9.17) is 15.4 Å². The molecule has 0 N–H and O–H groups in total. The SMILES string of the molecule is CC(C)OCc1c(S(=O)(=O)Cl)cnn1CCC(F)(F)F. The summed E-state index contributed by atoms with van der Waals surface area (Å²) in [6.07, 6.45) is -4.77. The molecular formula is C10H14ClF3N2O3S. The normalized spacial score (nSPS) is 13.2. The van der Waals surface area contributed by atoms with E-state index in [0.29, 0.717) is 0 Å². The maximum absolute atomic E-state index is 12.2. The van der Waals surface area contributed by atoms with Crippen molar-refractivity contribution in [3.63, 3.8) is 0 Å². The Kier molecular flexibility index (Phi) is 5.45. The van der Waals surface area contributed by atoms with Crippen molar-refractivity contribution >= 4 is 19.7 Å². The van der Waals surface area contributed by atoms with Crippen molar-refractivity contribution in [3.8, 4) is 0 Å². The number of halogens is 4. The van der Waals surface area contributed by atoms with Crippen molar-refractivity contribution < 1.29 is 26.3 Å². The standard InChI is InChI=1S/C10H14ClF3N2O3S/c1-7(2)19-6-8-9(20(11,17)18)5-15-16(8)4-3-10(12,13)14/h5,7H,3-4,6H2,1-2H3. The molecule has 0 saturated heterocycles. The minimum atomic E-state index is -4.36. The summed E-state index contributed by atoms with van der Waals surface area (Å²) >= 11 is 0. The lowest BCUT2D eigenvalue weighted by atomic mass is 10.4. The Hall–Kier alpha value is -0.800. The summed E-state index contributed by atoms with van der Waals surface area (Å²) in [6, 6.07) is 0. The first kappa shape index (κ1) is 17.3. The summed E-state index contributed by atoms with van der Waals surface area (Å²) in [6.45, 7) is 2.75. The van der Waals surface area contributed by atoms with Crippen LogP contribution in [0.4, 0.5) is 13.2 Å². The Bertz CT molecular complexity index is 555. The minimum absolute atomic E-state index is 0.0120. The molecule has 0 fully saturated rings. The van der Waals surface area contributed by atoms with Crippen molar-refractivity contribution in [2.75, 3.05) is 0 Å². The number of nitrogens with zero attached hydrogens (tertiary/aromatic N) is 2. The molecule has 0 amide bonds. The molecule has 0 atom stereocenters. The van der Waals surface area contributed by atoms with Crippen molar-refractivity contribution in [2.24, 2.45) is 0 Å². The van der Waals surface area contributed by atoms with Gasteiger partial charge in [0, 0.05) is 17.2 Å². The van der Waals surface area contributed by atoms with Crippen LogP contribution in [0, 0.1) is 0 Å². The highest BCUT2D eigenvalue weighted by Gasteiger charge is 2.29. The van der Waals surface area contributed by atoms with Crippen molar-refractivity contribution in [1.82, 2.24) is 9.78 Å². The smallest absolute Gasteiger partial charge is 0.372 e. The van der Waals surface area contributed by atoms with Crippen LogP contribution in [0.3, 0.4) is 0 Å². The maximum Gasteiger partial charge on any atom is 0.390 e. The number of aryl methyl sites for hydroxylation is 1. The summed E-state index contributed by atoms with van der Waals surface area (Å²) in [5.41, 5.74) is 0.0120. The molecule has 1 aromatic heterocycles. The highest BCUT2D eigenvalue weighted by atomic mass is 35.7. The maximum atomic E-state index is 12.2. The molecule has 1 heterocycles. The van der Waals surface area contributed by atoms with E-state index in [-0.39, 0.29) is 23.3 Å². The summed E-state index contributed by atoms with van der Waals surface area (Å²) in [7, 11) is 1.14. The van der Waals surface area contributed by atoms with Gasteiger partial charge >= 0.3 is 6.18 Å². The van der Waals surface area contributed by atoms with Gasteiger partial charge < -0.3 is 4.74 Å². The van der Waals surface area contributed by atoms with Crippen molar-refractivity contribution in [1.29, 1.82) is 0 Å². The molecule has 5 nitrogen and oxygen atoms in total. The monoisotopic (exact) mass is 334 g/mol. The second-order valence-corrected chi connectivity index (χ2v) is 6.88. The lowest BCUT2D eigenvalue weighted by molar-refractivity contribution is -0.137. The van der Waals surface area contributed by atoms with Gasteiger partial charge in [0.05, 0.1) is 31.0 Å². The lowest BCUT2D eigenvalue weighted by Gasteiger charge is -2.12. The fraction of sp³-hybridized carbons (Fsp3) is 0.700. The Balaban J connectivity index is 3.02. The predicted molar refractivity (Wildman–Crippen MR) is 65.9 cm³/mol. The minimum Gasteiger partial charge on any atom is -0.372 e. The van der Waals surface area contributed by atoms with Gasteiger partial charge in [-0.1, -0.05) is 0 Å². The molecule has 10 heteroatoms. The first-order valence-electron chi connectivity index (χ1n) is 5.68. The number of aromatic nitrogens is 2. The zero-order chi connectivity index (χ0) is 15.6. The van der Waals surface area contributed by atoms with Crippen LogP contribution < -0.4 is 0 Å². The molecule has 0 saturated carbocycles. The zero-order valence-corrected chi connectivity index (χ0v) is 12.4. The second kappa shape index (κ2) is 6.31. The lowest BCUT2D eigenvalue weighted by Crippen LogP contribution is -2.16. The van der Waals surface area contributed by atoms with Crippen LogP contribution in [0.2, 0.25) is 0 Å². The fourth-order valence-corrected chi connectivity index (χ4v) is 2.42. The van der Waals surface area contributed by atoms with Gasteiger partial charge in [0.1, 0.15) is 4.90 Å². The quantitative estimate of drug-likeness (QED) is 0.750. The number of hydrogen-bond donors (Lipinski definition) is 0.